The molecule has 1 aromatic rings. The van der Waals surface area contributed by atoms with E-state index in [0.717, 1.165) is 22.6 Å². The van der Waals surface area contributed by atoms with Crippen molar-refractivity contribution in [3.05, 3.63) is 26.8 Å². The van der Waals surface area contributed by atoms with Crippen LogP contribution in [-0.2, 0) is 12.4 Å². The first-order valence-corrected chi connectivity index (χ1v) is 5.53. The van der Waals surface area contributed by atoms with Crippen molar-refractivity contribution >= 4 is 22.6 Å². The highest BCUT2D eigenvalue weighted by Gasteiger charge is 2.43. The Morgan fingerprint density at radius 3 is 1.65 bits per heavy atom. The number of hydrogen-bond donors (Lipinski definition) is 0. The molecule has 0 saturated heterocycles. The summed E-state index contributed by atoms with van der Waals surface area (Å²) in [6.45, 7) is 0. The van der Waals surface area contributed by atoms with E-state index >= 15 is 0 Å². The van der Waals surface area contributed by atoms with E-state index in [9.17, 15) is 39.5 Å². The van der Waals surface area contributed by atoms with Crippen molar-refractivity contribution in [3.63, 3.8) is 0 Å². The summed E-state index contributed by atoms with van der Waals surface area (Å²) in [6.07, 6.45) is -16.0. The summed E-state index contributed by atoms with van der Waals surface area (Å²) in [5.74, 6) is -1.71. The quantitative estimate of drug-likeness (QED) is 0.444. The fourth-order valence-corrected chi connectivity index (χ4v) is 1.92. The van der Waals surface area contributed by atoms with E-state index in [0.29, 0.717) is 0 Å². The molecule has 0 aliphatic heterocycles. The van der Waals surface area contributed by atoms with E-state index < -0.39 is 45.2 Å². The highest BCUT2D eigenvalue weighted by Crippen LogP contribution is 2.44. The Hall–Kier alpha value is -0.880. The van der Waals surface area contributed by atoms with Crippen LogP contribution in [0.1, 0.15) is 11.1 Å². The normalized spacial score (nSPS) is 13.5. The Bertz CT molecular complexity index is 500. The van der Waals surface area contributed by atoms with Gasteiger partial charge in [0.2, 0.25) is 0 Å². The van der Waals surface area contributed by atoms with E-state index in [1.807, 2.05) is 0 Å². The van der Waals surface area contributed by atoms with Gasteiger partial charge < -0.3 is 4.74 Å². The lowest BCUT2D eigenvalue weighted by Gasteiger charge is -2.18. The molecule has 0 saturated carbocycles. The first-order valence-electron chi connectivity index (χ1n) is 4.45. The average Bonchev–Trinajstić information content (AvgIpc) is 2.15. The van der Waals surface area contributed by atoms with E-state index in [-0.39, 0.29) is 6.07 Å². The molecular formula is C9H2F9IO. The summed E-state index contributed by atoms with van der Waals surface area (Å²) in [4.78, 5) is 0. The summed E-state index contributed by atoms with van der Waals surface area (Å²) in [7, 11) is 0. The molecule has 0 aliphatic rings. The predicted molar refractivity (Wildman–Crippen MR) is 55.8 cm³/mol. The van der Waals surface area contributed by atoms with Gasteiger partial charge in [-0.1, -0.05) is 0 Å². The Kier molecular flexibility index (Phi) is 4.42. The molecule has 1 nitrogen and oxygen atoms in total. The third-order valence-corrected chi connectivity index (χ3v) is 2.70. The standard InChI is InChI=1S/C9H2F9IO/c10-7(11,12)3-1-4(8(13,14)15)6(5(19)2-3)20-9(16,17)18/h1-2H. The van der Waals surface area contributed by atoms with Crippen LogP contribution >= 0.6 is 22.6 Å². The van der Waals surface area contributed by atoms with Gasteiger partial charge in [0.15, 0.2) is 5.75 Å². The number of alkyl halides is 9. The van der Waals surface area contributed by atoms with Crippen LogP contribution < -0.4 is 4.74 Å². The zero-order valence-corrected chi connectivity index (χ0v) is 11.0. The van der Waals surface area contributed by atoms with Gasteiger partial charge in [0, 0.05) is 0 Å². The van der Waals surface area contributed by atoms with Crippen LogP contribution in [0.2, 0.25) is 0 Å². The average molecular weight is 424 g/mol. The summed E-state index contributed by atoms with van der Waals surface area (Å²) >= 11 is 0.907. The second-order valence-corrected chi connectivity index (χ2v) is 4.54. The highest BCUT2D eigenvalue weighted by atomic mass is 127. The largest absolute Gasteiger partial charge is 0.573 e. The van der Waals surface area contributed by atoms with E-state index in [1.165, 1.54) is 0 Å². The van der Waals surface area contributed by atoms with Gasteiger partial charge >= 0.3 is 18.7 Å². The number of rotatable bonds is 1. The summed E-state index contributed by atoms with van der Waals surface area (Å²) in [5, 5.41) is 0. The van der Waals surface area contributed by atoms with Crippen molar-refractivity contribution in [2.75, 3.05) is 0 Å². The van der Waals surface area contributed by atoms with Crippen molar-refractivity contribution in [2.45, 2.75) is 18.7 Å². The zero-order chi connectivity index (χ0) is 15.9. The van der Waals surface area contributed by atoms with Crippen LogP contribution in [-0.4, -0.2) is 6.36 Å². The van der Waals surface area contributed by atoms with E-state index in [1.54, 1.807) is 0 Å². The lowest BCUT2D eigenvalue weighted by molar-refractivity contribution is -0.276. The van der Waals surface area contributed by atoms with Gasteiger partial charge in [-0.3, -0.25) is 0 Å². The molecule has 0 amide bonds. The van der Waals surface area contributed by atoms with E-state index in [2.05, 4.69) is 4.74 Å². The molecule has 0 radical (unpaired) electrons. The molecule has 20 heavy (non-hydrogen) atoms. The van der Waals surface area contributed by atoms with Gasteiger partial charge in [0.25, 0.3) is 0 Å². The Morgan fingerprint density at radius 2 is 1.30 bits per heavy atom. The molecule has 0 spiro atoms. The van der Waals surface area contributed by atoms with Crippen LogP contribution in [0.3, 0.4) is 0 Å². The van der Waals surface area contributed by atoms with Gasteiger partial charge in [0.05, 0.1) is 14.7 Å². The Labute approximate surface area is 118 Å². The minimum absolute atomic E-state index is 0.136. The number of hydrogen-bond acceptors (Lipinski definition) is 1. The maximum atomic E-state index is 12.6. The minimum Gasteiger partial charge on any atom is -0.404 e. The van der Waals surface area contributed by atoms with E-state index in [4.69, 9.17) is 0 Å². The molecular weight excluding hydrogens is 422 g/mol. The fourth-order valence-electron chi connectivity index (χ4n) is 1.19. The second kappa shape index (κ2) is 5.15. The Balaban J connectivity index is 3.52. The second-order valence-electron chi connectivity index (χ2n) is 3.38. The number of ether oxygens (including phenoxy) is 1. The third kappa shape index (κ3) is 4.31. The maximum absolute atomic E-state index is 12.6. The highest BCUT2D eigenvalue weighted by molar-refractivity contribution is 14.1. The lowest BCUT2D eigenvalue weighted by Crippen LogP contribution is -2.22. The Morgan fingerprint density at radius 1 is 0.800 bits per heavy atom. The monoisotopic (exact) mass is 424 g/mol. The first-order chi connectivity index (χ1) is 8.72. The fraction of sp³-hybridized carbons (Fsp3) is 0.333. The van der Waals surface area contributed by atoms with Crippen molar-refractivity contribution in [2.24, 2.45) is 0 Å². The summed E-state index contributed by atoms with van der Waals surface area (Å²) < 4.78 is 113. The molecule has 1 aromatic carbocycles. The van der Waals surface area contributed by atoms with Gasteiger partial charge in [-0.15, -0.1) is 13.2 Å². The van der Waals surface area contributed by atoms with Crippen molar-refractivity contribution in [1.29, 1.82) is 0 Å². The molecule has 1 rings (SSSR count). The van der Waals surface area contributed by atoms with Gasteiger partial charge in [0.1, 0.15) is 0 Å². The maximum Gasteiger partial charge on any atom is 0.573 e. The zero-order valence-electron chi connectivity index (χ0n) is 8.84. The molecule has 0 N–H and O–H groups in total. The molecule has 11 heteroatoms. The smallest absolute Gasteiger partial charge is 0.404 e. The molecule has 0 aliphatic carbocycles. The van der Waals surface area contributed by atoms with Crippen LogP contribution in [0.5, 0.6) is 5.75 Å². The van der Waals surface area contributed by atoms with Gasteiger partial charge in [-0.05, 0) is 34.7 Å². The molecule has 0 atom stereocenters. The van der Waals surface area contributed by atoms with Gasteiger partial charge in [-0.25, -0.2) is 0 Å². The first kappa shape index (κ1) is 17.2. The van der Waals surface area contributed by atoms with Gasteiger partial charge in [-0.2, -0.15) is 26.3 Å². The van der Waals surface area contributed by atoms with Crippen molar-refractivity contribution in [3.8, 4) is 5.75 Å². The molecule has 0 fully saturated rings. The van der Waals surface area contributed by atoms with Crippen LogP contribution in [0.4, 0.5) is 39.5 Å². The molecule has 114 valence electrons. The molecule has 0 unspecified atom stereocenters. The lowest BCUT2D eigenvalue weighted by atomic mass is 10.1. The van der Waals surface area contributed by atoms with Crippen molar-refractivity contribution in [1.82, 2.24) is 0 Å². The minimum atomic E-state index is -5.46. The SMILES string of the molecule is FC(F)(F)Oc1c(I)cc(C(F)(F)F)cc1C(F)(F)F. The summed E-state index contributed by atoms with van der Waals surface area (Å²) in [6, 6.07) is -0.292. The third-order valence-electron chi connectivity index (χ3n) is 1.89. The van der Waals surface area contributed by atoms with Crippen LogP contribution in [0.15, 0.2) is 12.1 Å². The molecule has 0 aromatic heterocycles. The topological polar surface area (TPSA) is 9.23 Å². The number of benzene rings is 1. The van der Waals surface area contributed by atoms with Crippen LogP contribution in [0, 0.1) is 3.57 Å². The molecule has 0 bridgehead atoms. The van der Waals surface area contributed by atoms with Crippen molar-refractivity contribution < 1.29 is 44.3 Å². The molecule has 0 heterocycles. The summed E-state index contributed by atoms with van der Waals surface area (Å²) in [5.41, 5.74) is -3.86. The van der Waals surface area contributed by atoms with Crippen LogP contribution in [0.25, 0.3) is 0 Å². The number of halogens is 10. The predicted octanol–water partition coefficient (Wildman–Crippen LogP) is 5.23.